The maximum atomic E-state index is 13.5. The number of fused-ring (bicyclic) bond motifs is 5. The summed E-state index contributed by atoms with van der Waals surface area (Å²) in [5.74, 6) is 1.79. The molecule has 0 saturated heterocycles. The Bertz CT molecular complexity index is 966. The molecule has 172 valence electrons. The van der Waals surface area contributed by atoms with Crippen LogP contribution in [0.3, 0.4) is 0 Å². The summed E-state index contributed by atoms with van der Waals surface area (Å²) >= 11 is 0. The lowest BCUT2D eigenvalue weighted by molar-refractivity contribution is -0.130. The molecule has 32 heavy (non-hydrogen) atoms. The highest BCUT2D eigenvalue weighted by Crippen LogP contribution is 2.64. The molecule has 1 N–H and O–H groups in total. The van der Waals surface area contributed by atoms with Crippen molar-refractivity contribution in [1.29, 1.82) is 0 Å². The predicted molar refractivity (Wildman–Crippen MR) is 119 cm³/mol. The van der Waals surface area contributed by atoms with Crippen molar-refractivity contribution >= 4 is 11.9 Å². The van der Waals surface area contributed by atoms with Gasteiger partial charge in [0.1, 0.15) is 5.75 Å². The molecule has 3 fully saturated rings. The van der Waals surface area contributed by atoms with Gasteiger partial charge in [-0.15, -0.1) is 0 Å². The van der Waals surface area contributed by atoms with Gasteiger partial charge in [0.15, 0.2) is 5.78 Å². The predicted octanol–water partition coefficient (Wildman–Crippen LogP) is 6.17. The van der Waals surface area contributed by atoms with E-state index in [9.17, 15) is 18.7 Å². The number of halogens is 2. The van der Waals surface area contributed by atoms with E-state index in [4.69, 9.17) is 0 Å². The third kappa shape index (κ3) is 3.44. The Balaban J connectivity index is 1.41. The molecule has 4 aliphatic rings. The first-order chi connectivity index (χ1) is 15.2. The Labute approximate surface area is 188 Å². The normalized spacial score (nSPS) is 40.0. The third-order valence-electron chi connectivity index (χ3n) is 9.16. The molecule has 0 radical (unpaired) electrons. The van der Waals surface area contributed by atoms with E-state index in [1.54, 1.807) is 12.1 Å². The smallest absolute Gasteiger partial charge is 0.387 e. The van der Waals surface area contributed by atoms with Gasteiger partial charge in [-0.1, -0.05) is 37.6 Å². The average Bonchev–Trinajstić information content (AvgIpc) is 3.00. The molecule has 1 aromatic rings. The van der Waals surface area contributed by atoms with Crippen molar-refractivity contribution in [2.45, 2.75) is 71.5 Å². The van der Waals surface area contributed by atoms with Gasteiger partial charge in [0, 0.05) is 5.41 Å². The Morgan fingerprint density at radius 3 is 2.50 bits per heavy atom. The summed E-state index contributed by atoms with van der Waals surface area (Å²) in [6.07, 6.45) is 10.6. The van der Waals surface area contributed by atoms with E-state index in [1.165, 1.54) is 17.7 Å². The Hall–Kier alpha value is -2.01. The van der Waals surface area contributed by atoms with Gasteiger partial charge < -0.3 is 9.84 Å². The number of benzene rings is 1. The van der Waals surface area contributed by atoms with Crippen LogP contribution in [-0.4, -0.2) is 23.6 Å². The zero-order valence-electron chi connectivity index (χ0n) is 18.8. The molecule has 0 heterocycles. The first-order valence-electron chi connectivity index (χ1n) is 11.9. The quantitative estimate of drug-likeness (QED) is 0.450. The molecular formula is C27H32F2O3. The average molecular weight is 443 g/mol. The minimum atomic E-state index is -2.84. The van der Waals surface area contributed by atoms with Crippen LogP contribution in [0.15, 0.2) is 41.5 Å². The molecule has 3 saturated carbocycles. The summed E-state index contributed by atoms with van der Waals surface area (Å²) in [6, 6.07) is 6.51. The molecule has 0 bridgehead atoms. The summed E-state index contributed by atoms with van der Waals surface area (Å²) in [7, 11) is 0. The number of allylic oxidation sites excluding steroid dienone is 2. The number of rotatable bonds is 3. The summed E-state index contributed by atoms with van der Waals surface area (Å²) in [5, 5.41) is 10.2. The zero-order valence-corrected chi connectivity index (χ0v) is 18.8. The molecule has 5 heteroatoms. The zero-order chi connectivity index (χ0) is 22.7. The van der Waals surface area contributed by atoms with E-state index in [-0.39, 0.29) is 28.5 Å². The molecule has 0 spiro atoms. The second-order valence-electron chi connectivity index (χ2n) is 10.8. The van der Waals surface area contributed by atoms with Crippen LogP contribution in [0.2, 0.25) is 0 Å². The van der Waals surface area contributed by atoms with Crippen molar-refractivity contribution in [3.8, 4) is 5.75 Å². The number of aliphatic hydroxyl groups is 1. The summed E-state index contributed by atoms with van der Waals surface area (Å²) in [4.78, 5) is 13.5. The minimum Gasteiger partial charge on any atom is -0.435 e. The van der Waals surface area contributed by atoms with Crippen molar-refractivity contribution in [3.63, 3.8) is 0 Å². The maximum Gasteiger partial charge on any atom is 0.387 e. The molecule has 5 rings (SSSR count). The van der Waals surface area contributed by atoms with Gasteiger partial charge >= 0.3 is 6.61 Å². The number of Topliss-reactive ketones (excluding diaryl/α,β-unsaturated/α-hetero) is 1. The van der Waals surface area contributed by atoms with Crippen LogP contribution in [-0.2, 0) is 4.79 Å². The van der Waals surface area contributed by atoms with Gasteiger partial charge in [0.2, 0.25) is 0 Å². The molecule has 0 aromatic heterocycles. The fourth-order valence-corrected chi connectivity index (χ4v) is 7.39. The molecule has 6 atom stereocenters. The topological polar surface area (TPSA) is 46.5 Å². The second-order valence-corrected chi connectivity index (χ2v) is 10.8. The lowest BCUT2D eigenvalue weighted by Gasteiger charge is -2.56. The molecular weight excluding hydrogens is 410 g/mol. The first-order valence-corrected chi connectivity index (χ1v) is 11.9. The van der Waals surface area contributed by atoms with Crippen LogP contribution >= 0.6 is 0 Å². The van der Waals surface area contributed by atoms with Gasteiger partial charge in [0.05, 0.1) is 6.10 Å². The van der Waals surface area contributed by atoms with E-state index in [2.05, 4.69) is 24.7 Å². The number of carbonyl (C=O) groups is 1. The van der Waals surface area contributed by atoms with Crippen molar-refractivity contribution in [3.05, 3.63) is 47.1 Å². The van der Waals surface area contributed by atoms with Crippen LogP contribution < -0.4 is 4.74 Å². The van der Waals surface area contributed by atoms with E-state index < -0.39 is 6.61 Å². The van der Waals surface area contributed by atoms with Crippen LogP contribution in [0.1, 0.15) is 64.4 Å². The van der Waals surface area contributed by atoms with E-state index in [0.29, 0.717) is 17.8 Å². The number of carbonyl (C=O) groups excluding carboxylic acids is 1. The Kier molecular flexibility index (Phi) is 5.31. The molecule has 4 aliphatic carbocycles. The highest BCUT2D eigenvalue weighted by molar-refractivity contribution is 6.05. The van der Waals surface area contributed by atoms with Gasteiger partial charge in [-0.2, -0.15) is 8.78 Å². The van der Waals surface area contributed by atoms with E-state index in [1.807, 2.05) is 6.08 Å². The summed E-state index contributed by atoms with van der Waals surface area (Å²) in [5.41, 5.74) is 2.97. The minimum absolute atomic E-state index is 0.124. The largest absolute Gasteiger partial charge is 0.435 e. The van der Waals surface area contributed by atoms with Gasteiger partial charge in [-0.3, -0.25) is 4.79 Å². The molecule has 0 amide bonds. The highest BCUT2D eigenvalue weighted by atomic mass is 19.3. The molecule has 3 nitrogen and oxygen atoms in total. The monoisotopic (exact) mass is 442 g/mol. The van der Waals surface area contributed by atoms with Crippen molar-refractivity contribution < 1.29 is 23.4 Å². The number of ketones is 1. The Morgan fingerprint density at radius 2 is 1.78 bits per heavy atom. The maximum absolute atomic E-state index is 13.5. The van der Waals surface area contributed by atoms with Gasteiger partial charge in [-0.05, 0) is 97.5 Å². The lowest BCUT2D eigenvalue weighted by atomic mass is 9.48. The first kappa shape index (κ1) is 21.8. The van der Waals surface area contributed by atoms with E-state index in [0.717, 1.165) is 56.1 Å². The number of hydrogen-bond acceptors (Lipinski definition) is 3. The van der Waals surface area contributed by atoms with Gasteiger partial charge in [-0.25, -0.2) is 0 Å². The molecule has 0 aliphatic heterocycles. The van der Waals surface area contributed by atoms with Crippen LogP contribution in [0.25, 0.3) is 6.08 Å². The number of aliphatic hydroxyl groups excluding tert-OH is 1. The number of alkyl halides is 2. The summed E-state index contributed by atoms with van der Waals surface area (Å²) < 4.78 is 29.2. The highest BCUT2D eigenvalue weighted by Gasteiger charge is 2.59. The van der Waals surface area contributed by atoms with Crippen LogP contribution in [0.5, 0.6) is 5.75 Å². The molecule has 1 aromatic carbocycles. The number of ether oxygens (including phenoxy) is 1. The van der Waals surface area contributed by atoms with Crippen molar-refractivity contribution in [1.82, 2.24) is 0 Å². The molecule has 0 unspecified atom stereocenters. The fourth-order valence-electron chi connectivity index (χ4n) is 7.39. The van der Waals surface area contributed by atoms with Crippen LogP contribution in [0, 0.1) is 28.6 Å². The van der Waals surface area contributed by atoms with Crippen molar-refractivity contribution in [2.24, 2.45) is 28.6 Å². The summed E-state index contributed by atoms with van der Waals surface area (Å²) in [6.45, 7) is 1.70. The second kappa shape index (κ2) is 7.79. The lowest BCUT2D eigenvalue weighted by Crippen LogP contribution is -2.50. The number of hydrogen-bond donors (Lipinski definition) is 1. The third-order valence-corrected chi connectivity index (χ3v) is 9.16. The van der Waals surface area contributed by atoms with Crippen molar-refractivity contribution in [2.75, 3.05) is 0 Å². The van der Waals surface area contributed by atoms with Crippen LogP contribution in [0.4, 0.5) is 8.78 Å². The Morgan fingerprint density at radius 1 is 1.06 bits per heavy atom. The van der Waals surface area contributed by atoms with E-state index >= 15 is 0 Å². The SMILES string of the molecule is C[C@]12CC[C@@H](O)CC1=CC[C@H]1[C@H]2CC[C@]2(C)C(=O)/C(=C/c3ccc(OC(F)F)cc3)C[C@H]12. The van der Waals surface area contributed by atoms with Gasteiger partial charge in [0.25, 0.3) is 0 Å². The standard InChI is InChI=1S/C27H32F2O3/c1-26-11-9-19(30)15-18(26)5-8-21-22(26)10-12-27(2)23(21)14-17(24(27)31)13-16-3-6-20(7-4-16)32-25(28)29/h3-7,13,19,21-23,25,30H,8-12,14-15H2,1-2H3/b17-13+/t19-,21+,22-,23-,26+,27+/m1/s1. The fraction of sp³-hybridized carbons (Fsp3) is 0.593.